The molecule has 1 heterocycles. The van der Waals surface area contributed by atoms with Crippen LogP contribution in [0.5, 0.6) is 0 Å². The number of hydrogen-bond donors (Lipinski definition) is 2. The molecule has 1 aromatic carbocycles. The molecule has 0 fully saturated rings. The van der Waals surface area contributed by atoms with Gasteiger partial charge in [-0.1, -0.05) is 11.6 Å². The number of halogens is 1. The molecule has 9 heteroatoms. The Hall–Kier alpha value is -2.74. The maximum absolute atomic E-state index is 12.1. The molecule has 0 unspecified atom stereocenters. The molecule has 0 aliphatic heterocycles. The minimum absolute atomic E-state index is 0.0214. The van der Waals surface area contributed by atoms with Gasteiger partial charge in [0.05, 0.1) is 12.4 Å². The summed E-state index contributed by atoms with van der Waals surface area (Å²) in [5.41, 5.74) is 0.378. The zero-order chi connectivity index (χ0) is 15.2. The number of aliphatic carboxylic acids is 1. The van der Waals surface area contributed by atoms with Crippen LogP contribution in [-0.4, -0.2) is 38.8 Å². The molecule has 0 saturated carbocycles. The average molecular weight is 308 g/mol. The lowest BCUT2D eigenvalue weighted by Crippen LogP contribution is -2.39. The largest absolute Gasteiger partial charge is 0.480 e. The molecule has 21 heavy (non-hydrogen) atoms. The van der Waals surface area contributed by atoms with Gasteiger partial charge in [-0.3, -0.25) is 15.0 Å². The Balaban J connectivity index is 2.21. The average Bonchev–Trinajstić information content (AvgIpc) is 2.46. The molecule has 2 rings (SSSR count). The van der Waals surface area contributed by atoms with Crippen LogP contribution in [-0.2, 0) is 4.79 Å². The van der Waals surface area contributed by atoms with Crippen molar-refractivity contribution in [3.05, 3.63) is 41.7 Å². The Labute approximate surface area is 124 Å². The Kier molecular flexibility index (Phi) is 4.62. The number of carbonyl (C=O) groups is 2. The summed E-state index contributed by atoms with van der Waals surface area (Å²) in [5.74, 6) is -1.18. The third-order valence-electron chi connectivity index (χ3n) is 2.38. The van der Waals surface area contributed by atoms with E-state index in [-0.39, 0.29) is 5.95 Å². The first-order chi connectivity index (χ1) is 10.1. The van der Waals surface area contributed by atoms with Gasteiger partial charge in [-0.05, 0) is 24.3 Å². The van der Waals surface area contributed by atoms with Gasteiger partial charge in [0.15, 0.2) is 0 Å². The van der Waals surface area contributed by atoms with Crippen LogP contribution in [0.15, 0.2) is 36.7 Å². The highest BCUT2D eigenvalue weighted by Gasteiger charge is 2.19. The molecular formula is C12H10ClN5O3. The Morgan fingerprint density at radius 3 is 2.52 bits per heavy atom. The van der Waals surface area contributed by atoms with E-state index in [0.717, 1.165) is 4.90 Å². The van der Waals surface area contributed by atoms with Gasteiger partial charge in [0, 0.05) is 10.7 Å². The fraction of sp³-hybridized carbons (Fsp3) is 0.0833. The van der Waals surface area contributed by atoms with E-state index in [1.165, 1.54) is 24.5 Å². The first-order valence-electron chi connectivity index (χ1n) is 5.76. The number of carbonyl (C=O) groups excluding carboxylic acids is 1. The summed E-state index contributed by atoms with van der Waals surface area (Å²) in [6.45, 7) is -0.520. The van der Waals surface area contributed by atoms with Gasteiger partial charge in [0.25, 0.3) is 5.95 Å². The minimum atomic E-state index is -1.16. The second-order valence-corrected chi connectivity index (χ2v) is 4.29. The number of urea groups is 1. The molecule has 108 valence electrons. The van der Waals surface area contributed by atoms with Gasteiger partial charge in [-0.2, -0.15) is 5.10 Å². The number of amides is 2. The van der Waals surface area contributed by atoms with Gasteiger partial charge in [-0.15, -0.1) is 5.10 Å². The molecule has 0 bridgehead atoms. The summed E-state index contributed by atoms with van der Waals surface area (Å²) in [7, 11) is 0. The molecule has 0 spiro atoms. The molecule has 0 aliphatic carbocycles. The first kappa shape index (κ1) is 14.7. The van der Waals surface area contributed by atoms with E-state index in [1.54, 1.807) is 12.1 Å². The Bertz CT molecular complexity index is 635. The number of aromatic nitrogens is 3. The second kappa shape index (κ2) is 6.62. The van der Waals surface area contributed by atoms with Crippen molar-refractivity contribution in [1.29, 1.82) is 0 Å². The summed E-state index contributed by atoms with van der Waals surface area (Å²) in [6.07, 6.45) is 2.70. The first-order valence-corrected chi connectivity index (χ1v) is 6.13. The van der Waals surface area contributed by atoms with Crippen LogP contribution in [0.2, 0.25) is 5.02 Å². The van der Waals surface area contributed by atoms with Crippen molar-refractivity contribution >= 4 is 35.2 Å². The van der Waals surface area contributed by atoms with E-state index in [0.29, 0.717) is 10.7 Å². The number of carboxylic acid groups (broad SMARTS) is 1. The van der Waals surface area contributed by atoms with Gasteiger partial charge in [-0.25, -0.2) is 9.78 Å². The lowest BCUT2D eigenvalue weighted by Gasteiger charge is -2.20. The SMILES string of the molecule is O=C(O)CN(C(=O)Nc1nccnn1)c1ccc(Cl)cc1. The van der Waals surface area contributed by atoms with Crippen molar-refractivity contribution in [3.63, 3.8) is 0 Å². The summed E-state index contributed by atoms with van der Waals surface area (Å²) in [5, 5.41) is 18.9. The van der Waals surface area contributed by atoms with Crippen LogP contribution in [0.25, 0.3) is 0 Å². The number of nitrogens with zero attached hydrogens (tertiary/aromatic N) is 4. The predicted octanol–water partition coefficient (Wildman–Crippen LogP) is 1.65. The molecule has 1 aromatic heterocycles. The number of benzene rings is 1. The second-order valence-electron chi connectivity index (χ2n) is 3.85. The highest BCUT2D eigenvalue weighted by molar-refractivity contribution is 6.30. The number of hydrogen-bond acceptors (Lipinski definition) is 5. The lowest BCUT2D eigenvalue weighted by atomic mass is 10.3. The van der Waals surface area contributed by atoms with E-state index in [2.05, 4.69) is 20.5 Å². The maximum atomic E-state index is 12.1. The lowest BCUT2D eigenvalue weighted by molar-refractivity contribution is -0.135. The van der Waals surface area contributed by atoms with Gasteiger partial charge >= 0.3 is 12.0 Å². The van der Waals surface area contributed by atoms with Crippen LogP contribution < -0.4 is 10.2 Å². The van der Waals surface area contributed by atoms with Crippen molar-refractivity contribution in [2.75, 3.05) is 16.8 Å². The molecule has 0 saturated heterocycles. The van der Waals surface area contributed by atoms with Crippen LogP contribution in [0, 0.1) is 0 Å². The molecule has 8 nitrogen and oxygen atoms in total. The topological polar surface area (TPSA) is 108 Å². The van der Waals surface area contributed by atoms with Crippen molar-refractivity contribution in [3.8, 4) is 0 Å². The fourth-order valence-corrected chi connectivity index (χ4v) is 1.63. The van der Waals surface area contributed by atoms with Gasteiger partial charge in [0.1, 0.15) is 6.54 Å². The predicted molar refractivity (Wildman–Crippen MR) is 75.3 cm³/mol. The maximum Gasteiger partial charge on any atom is 0.329 e. The van der Waals surface area contributed by atoms with Crippen molar-refractivity contribution in [1.82, 2.24) is 15.2 Å². The van der Waals surface area contributed by atoms with Crippen LogP contribution in [0.4, 0.5) is 16.4 Å². The molecule has 2 aromatic rings. The summed E-state index contributed by atoms with van der Waals surface area (Å²) < 4.78 is 0. The number of nitrogens with one attached hydrogen (secondary N) is 1. The zero-order valence-corrected chi connectivity index (χ0v) is 11.4. The van der Waals surface area contributed by atoms with E-state index >= 15 is 0 Å². The fourth-order valence-electron chi connectivity index (χ4n) is 1.50. The van der Waals surface area contributed by atoms with Crippen molar-refractivity contribution in [2.45, 2.75) is 0 Å². The highest BCUT2D eigenvalue weighted by Crippen LogP contribution is 2.18. The minimum Gasteiger partial charge on any atom is -0.480 e. The summed E-state index contributed by atoms with van der Waals surface area (Å²) >= 11 is 5.77. The van der Waals surface area contributed by atoms with E-state index in [4.69, 9.17) is 16.7 Å². The van der Waals surface area contributed by atoms with Gasteiger partial charge in [0.2, 0.25) is 0 Å². The molecule has 2 N–H and O–H groups in total. The summed E-state index contributed by atoms with van der Waals surface area (Å²) in [6, 6.07) is 5.50. The molecule has 0 aliphatic rings. The Morgan fingerprint density at radius 2 is 1.95 bits per heavy atom. The third-order valence-corrected chi connectivity index (χ3v) is 2.63. The van der Waals surface area contributed by atoms with Crippen LogP contribution in [0.3, 0.4) is 0 Å². The molecule has 0 atom stereocenters. The highest BCUT2D eigenvalue weighted by atomic mass is 35.5. The zero-order valence-electron chi connectivity index (χ0n) is 10.6. The standard InChI is InChI=1S/C12H10ClN5O3/c13-8-1-3-9(4-2-8)18(7-10(19)20)12(21)16-11-14-5-6-15-17-11/h1-6H,7H2,(H,19,20)(H,14,16,17,21). The number of anilines is 2. The van der Waals surface area contributed by atoms with Gasteiger partial charge < -0.3 is 5.11 Å². The van der Waals surface area contributed by atoms with Crippen LogP contribution in [0.1, 0.15) is 0 Å². The molecule has 2 amide bonds. The quantitative estimate of drug-likeness (QED) is 0.889. The van der Waals surface area contributed by atoms with Crippen molar-refractivity contribution in [2.24, 2.45) is 0 Å². The van der Waals surface area contributed by atoms with E-state index < -0.39 is 18.5 Å². The molecular weight excluding hydrogens is 298 g/mol. The van der Waals surface area contributed by atoms with E-state index in [1.807, 2.05) is 0 Å². The summed E-state index contributed by atoms with van der Waals surface area (Å²) in [4.78, 5) is 27.9. The Morgan fingerprint density at radius 1 is 1.24 bits per heavy atom. The van der Waals surface area contributed by atoms with Crippen molar-refractivity contribution < 1.29 is 14.7 Å². The van der Waals surface area contributed by atoms with E-state index in [9.17, 15) is 9.59 Å². The molecule has 0 radical (unpaired) electrons. The number of rotatable bonds is 4. The normalized spacial score (nSPS) is 9.95. The smallest absolute Gasteiger partial charge is 0.329 e. The third kappa shape index (κ3) is 4.11. The monoisotopic (exact) mass is 307 g/mol. The van der Waals surface area contributed by atoms with Crippen LogP contribution >= 0.6 is 11.6 Å². The number of carboxylic acids is 1.